The van der Waals surface area contributed by atoms with Crippen LogP contribution < -0.4 is 0 Å². The quantitative estimate of drug-likeness (QED) is 0.517. The summed E-state index contributed by atoms with van der Waals surface area (Å²) in [5.74, 6) is 1.96. The minimum Gasteiger partial charge on any atom is -0.416 e. The summed E-state index contributed by atoms with van der Waals surface area (Å²) in [5, 5.41) is 8.40. The van der Waals surface area contributed by atoms with Crippen molar-refractivity contribution < 1.29 is 4.42 Å². The van der Waals surface area contributed by atoms with E-state index in [9.17, 15) is 0 Å². The maximum Gasteiger partial charge on any atom is 0.248 e. The molecule has 28 heavy (non-hydrogen) atoms. The Kier molecular flexibility index (Phi) is 4.76. The van der Waals surface area contributed by atoms with E-state index in [1.54, 1.807) is 0 Å². The lowest BCUT2D eigenvalue weighted by Crippen LogP contribution is -2.16. The van der Waals surface area contributed by atoms with Crippen LogP contribution in [0.3, 0.4) is 0 Å². The van der Waals surface area contributed by atoms with Crippen molar-refractivity contribution in [1.82, 2.24) is 10.2 Å². The van der Waals surface area contributed by atoms with Gasteiger partial charge in [-0.3, -0.25) is 0 Å². The van der Waals surface area contributed by atoms with E-state index < -0.39 is 0 Å². The topological polar surface area (TPSA) is 38.9 Å². The highest BCUT2D eigenvalue weighted by atomic mass is 16.4. The Bertz CT molecular complexity index is 1000. The minimum atomic E-state index is 0.188. The van der Waals surface area contributed by atoms with Crippen LogP contribution in [0.5, 0.6) is 0 Å². The lowest BCUT2D eigenvalue weighted by molar-refractivity contribution is 0.496. The summed E-state index contributed by atoms with van der Waals surface area (Å²) in [6.07, 6.45) is 7.02. The van der Waals surface area contributed by atoms with E-state index >= 15 is 0 Å². The van der Waals surface area contributed by atoms with E-state index in [0.29, 0.717) is 23.6 Å². The fraction of sp³-hybridized carbons (Fsp3) is 0.280. The summed E-state index contributed by atoms with van der Waals surface area (Å²) in [6.45, 7) is 9.08. The first kappa shape index (κ1) is 18.4. The van der Waals surface area contributed by atoms with Crippen molar-refractivity contribution in [2.75, 3.05) is 0 Å². The summed E-state index contributed by atoms with van der Waals surface area (Å²) in [4.78, 5) is 0. The van der Waals surface area contributed by atoms with Crippen LogP contribution >= 0.6 is 0 Å². The molecule has 142 valence electrons. The molecule has 0 spiro atoms. The van der Waals surface area contributed by atoms with Crippen LogP contribution in [0.4, 0.5) is 0 Å². The average Bonchev–Trinajstić information content (AvgIpc) is 3.18. The first-order valence-electron chi connectivity index (χ1n) is 9.81. The zero-order valence-corrected chi connectivity index (χ0v) is 16.9. The molecule has 0 N–H and O–H groups in total. The molecule has 0 saturated heterocycles. The van der Waals surface area contributed by atoms with Crippen molar-refractivity contribution in [1.29, 1.82) is 0 Å². The number of hydrogen-bond acceptors (Lipinski definition) is 3. The van der Waals surface area contributed by atoms with E-state index in [0.717, 1.165) is 11.1 Å². The first-order chi connectivity index (χ1) is 13.4. The van der Waals surface area contributed by atoms with Crippen LogP contribution in [0.2, 0.25) is 0 Å². The lowest BCUT2D eigenvalue weighted by atomic mass is 9.76. The van der Waals surface area contributed by atoms with Crippen LogP contribution in [-0.4, -0.2) is 10.2 Å². The molecule has 2 atom stereocenters. The van der Waals surface area contributed by atoms with Gasteiger partial charge in [-0.2, -0.15) is 0 Å². The van der Waals surface area contributed by atoms with Gasteiger partial charge in [0, 0.05) is 17.0 Å². The van der Waals surface area contributed by atoms with Gasteiger partial charge in [0.1, 0.15) is 0 Å². The highest BCUT2D eigenvalue weighted by Gasteiger charge is 2.24. The molecule has 0 aliphatic heterocycles. The molecule has 0 amide bonds. The molecule has 3 nitrogen and oxygen atoms in total. The minimum absolute atomic E-state index is 0.188. The monoisotopic (exact) mass is 370 g/mol. The fourth-order valence-electron chi connectivity index (χ4n) is 3.62. The molecule has 1 aliphatic carbocycles. The van der Waals surface area contributed by atoms with Crippen molar-refractivity contribution in [2.45, 2.75) is 33.6 Å². The van der Waals surface area contributed by atoms with Crippen LogP contribution in [-0.2, 0) is 0 Å². The number of rotatable bonds is 3. The molecule has 0 fully saturated rings. The second kappa shape index (κ2) is 7.23. The Morgan fingerprint density at radius 3 is 2.00 bits per heavy atom. The molecule has 0 bridgehead atoms. The summed E-state index contributed by atoms with van der Waals surface area (Å²) in [5.41, 5.74) is 4.78. The first-order valence-corrected chi connectivity index (χ1v) is 9.81. The summed E-state index contributed by atoms with van der Waals surface area (Å²) in [7, 11) is 0. The molecular weight excluding hydrogens is 344 g/mol. The van der Waals surface area contributed by atoms with Gasteiger partial charge in [0.25, 0.3) is 0 Å². The second-order valence-electron chi connectivity index (χ2n) is 8.52. The molecule has 1 aliphatic rings. The van der Waals surface area contributed by atoms with Crippen LogP contribution in [0.15, 0.2) is 82.8 Å². The van der Waals surface area contributed by atoms with Crippen LogP contribution in [0.25, 0.3) is 22.9 Å². The Balaban J connectivity index is 1.53. The van der Waals surface area contributed by atoms with Gasteiger partial charge in [-0.25, -0.2) is 0 Å². The van der Waals surface area contributed by atoms with Crippen LogP contribution in [0, 0.1) is 11.3 Å². The van der Waals surface area contributed by atoms with Gasteiger partial charge < -0.3 is 4.42 Å². The Labute approximate surface area is 166 Å². The van der Waals surface area contributed by atoms with E-state index in [-0.39, 0.29) is 5.41 Å². The third-order valence-electron chi connectivity index (χ3n) is 5.35. The van der Waals surface area contributed by atoms with Gasteiger partial charge in [0.2, 0.25) is 11.8 Å². The SMILES string of the molecule is CC1C=C(C(C)(C)C)C=CC1c1ccc(-c2nnc(-c3ccccc3)o2)cc1. The standard InChI is InChI=1S/C25H26N2O/c1-17-16-21(25(2,3)4)14-15-22(17)18-10-12-20(13-11-18)24-27-26-23(28-24)19-8-6-5-7-9-19/h5-17,22H,1-4H3. The molecule has 2 unspecified atom stereocenters. The summed E-state index contributed by atoms with van der Waals surface area (Å²) >= 11 is 0. The largest absolute Gasteiger partial charge is 0.416 e. The normalized spacial score (nSPS) is 19.5. The summed E-state index contributed by atoms with van der Waals surface area (Å²) in [6, 6.07) is 18.3. The second-order valence-corrected chi connectivity index (χ2v) is 8.52. The fourth-order valence-corrected chi connectivity index (χ4v) is 3.62. The van der Waals surface area contributed by atoms with Gasteiger partial charge >= 0.3 is 0 Å². The predicted molar refractivity (Wildman–Crippen MR) is 114 cm³/mol. The predicted octanol–water partition coefficient (Wildman–Crippen LogP) is 6.67. The number of aromatic nitrogens is 2. The van der Waals surface area contributed by atoms with Gasteiger partial charge in [-0.15, -0.1) is 10.2 Å². The van der Waals surface area contributed by atoms with Gasteiger partial charge in [-0.1, -0.05) is 76.3 Å². The molecule has 2 aromatic carbocycles. The van der Waals surface area contributed by atoms with Crippen molar-refractivity contribution in [3.05, 3.63) is 84.0 Å². The number of allylic oxidation sites excluding steroid dienone is 4. The van der Waals surface area contributed by atoms with Crippen molar-refractivity contribution >= 4 is 0 Å². The Morgan fingerprint density at radius 1 is 0.821 bits per heavy atom. The highest BCUT2D eigenvalue weighted by Crippen LogP contribution is 2.38. The molecule has 1 heterocycles. The zero-order chi connectivity index (χ0) is 19.7. The number of benzene rings is 2. The third-order valence-corrected chi connectivity index (χ3v) is 5.35. The Hall–Kier alpha value is -2.94. The van der Waals surface area contributed by atoms with E-state index in [1.165, 1.54) is 11.1 Å². The Morgan fingerprint density at radius 2 is 1.43 bits per heavy atom. The van der Waals surface area contributed by atoms with Crippen molar-refractivity contribution in [3.63, 3.8) is 0 Å². The van der Waals surface area contributed by atoms with E-state index in [2.05, 4.69) is 80.4 Å². The molecular formula is C25H26N2O. The van der Waals surface area contributed by atoms with Gasteiger partial charge in [0.05, 0.1) is 0 Å². The lowest BCUT2D eigenvalue weighted by Gasteiger charge is -2.29. The van der Waals surface area contributed by atoms with Gasteiger partial charge in [-0.05, 0) is 46.7 Å². The van der Waals surface area contributed by atoms with Crippen molar-refractivity contribution in [2.24, 2.45) is 11.3 Å². The average molecular weight is 370 g/mol. The zero-order valence-electron chi connectivity index (χ0n) is 16.9. The smallest absolute Gasteiger partial charge is 0.248 e. The third kappa shape index (κ3) is 3.70. The van der Waals surface area contributed by atoms with E-state index in [1.807, 2.05) is 30.3 Å². The number of nitrogens with zero attached hydrogens (tertiary/aromatic N) is 2. The van der Waals surface area contributed by atoms with Crippen LogP contribution in [0.1, 0.15) is 39.2 Å². The molecule has 4 rings (SSSR count). The summed E-state index contributed by atoms with van der Waals surface area (Å²) < 4.78 is 5.87. The highest BCUT2D eigenvalue weighted by molar-refractivity contribution is 5.58. The number of hydrogen-bond donors (Lipinski definition) is 0. The van der Waals surface area contributed by atoms with Gasteiger partial charge in [0.15, 0.2) is 0 Å². The maximum absolute atomic E-state index is 5.87. The molecule has 3 heteroatoms. The molecule has 1 aromatic heterocycles. The maximum atomic E-state index is 5.87. The van der Waals surface area contributed by atoms with Crippen molar-refractivity contribution in [3.8, 4) is 22.9 Å². The molecule has 0 radical (unpaired) electrons. The molecule has 3 aromatic rings. The van der Waals surface area contributed by atoms with E-state index in [4.69, 9.17) is 4.42 Å². The molecule has 0 saturated carbocycles.